The minimum absolute atomic E-state index is 1.15. The lowest BCUT2D eigenvalue weighted by molar-refractivity contribution is 0.0615. The number of nitrogens with zero attached hydrogens (tertiary/aromatic N) is 2. The molecule has 10 heteroatoms. The van der Waals surface area contributed by atoms with Crippen LogP contribution in [0.25, 0.3) is 0 Å². The minimum atomic E-state index is -1.83. The van der Waals surface area contributed by atoms with Gasteiger partial charge in [-0.2, -0.15) is 0 Å². The third-order valence-corrected chi connectivity index (χ3v) is 1.71. The number of hydrogen-bond acceptors (Lipinski definition) is 6. The molecule has 0 spiro atoms. The molecule has 0 radical (unpaired) electrons. The van der Waals surface area contributed by atoms with E-state index in [1.165, 1.54) is 0 Å². The van der Waals surface area contributed by atoms with Crippen molar-refractivity contribution >= 4 is 23.9 Å². The summed E-state index contributed by atoms with van der Waals surface area (Å²) < 4.78 is 0. The van der Waals surface area contributed by atoms with E-state index in [9.17, 15) is 19.2 Å². The van der Waals surface area contributed by atoms with E-state index in [2.05, 4.69) is 9.97 Å². The normalized spacial score (nSPS) is 9.78. The molecule has 0 bridgehead atoms. The van der Waals surface area contributed by atoms with Crippen molar-refractivity contribution < 1.29 is 39.6 Å². The number of carboxylic acids is 4. The van der Waals surface area contributed by atoms with Gasteiger partial charge in [-0.05, 0) is 0 Å². The highest BCUT2D eigenvalue weighted by molar-refractivity contribution is 6.03. The Kier molecular flexibility index (Phi) is 3.22. The number of aromatic nitrogens is 2. The first-order valence-electron chi connectivity index (χ1n) is 4.11. The molecule has 18 heavy (non-hydrogen) atoms. The average Bonchev–Trinajstić information content (AvgIpc) is 2.26. The molecule has 94 valence electrons. The van der Waals surface area contributed by atoms with Crippen LogP contribution in [0.2, 0.25) is 0 Å². The Bertz CT molecular complexity index is 480. The molecule has 0 aliphatic rings. The van der Waals surface area contributed by atoms with Gasteiger partial charge in [-0.15, -0.1) is 0 Å². The Balaban J connectivity index is 3.71. The van der Waals surface area contributed by atoms with Crippen LogP contribution in [0.4, 0.5) is 0 Å². The Labute approximate surface area is 97.2 Å². The lowest BCUT2D eigenvalue weighted by Crippen LogP contribution is -2.21. The molecule has 0 amide bonds. The summed E-state index contributed by atoms with van der Waals surface area (Å²) in [5, 5.41) is 34.6. The molecule has 0 unspecified atom stereocenters. The molecular formula is C8H4N2O8. The van der Waals surface area contributed by atoms with E-state index < -0.39 is 46.7 Å². The van der Waals surface area contributed by atoms with Gasteiger partial charge in [0.2, 0.25) is 0 Å². The fraction of sp³-hybridized carbons (Fsp3) is 0. The molecule has 0 atom stereocenters. The van der Waals surface area contributed by atoms with Crippen molar-refractivity contribution in [1.29, 1.82) is 0 Å². The molecule has 0 aliphatic heterocycles. The van der Waals surface area contributed by atoms with E-state index in [0.29, 0.717) is 0 Å². The van der Waals surface area contributed by atoms with Crippen molar-refractivity contribution in [2.75, 3.05) is 0 Å². The molecule has 1 aromatic heterocycles. The predicted molar refractivity (Wildman–Crippen MR) is 49.9 cm³/mol. The molecule has 1 aromatic rings. The second-order valence-corrected chi connectivity index (χ2v) is 2.84. The van der Waals surface area contributed by atoms with Gasteiger partial charge in [-0.25, -0.2) is 29.1 Å². The number of carbonyl (C=O) groups is 4. The molecule has 4 N–H and O–H groups in total. The minimum Gasteiger partial charge on any atom is -0.476 e. The van der Waals surface area contributed by atoms with E-state index in [4.69, 9.17) is 20.4 Å². The fourth-order valence-electron chi connectivity index (χ4n) is 1.03. The van der Waals surface area contributed by atoms with Crippen LogP contribution in [-0.2, 0) is 0 Å². The SMILES string of the molecule is O=C(O)c1nc(C(=O)O)c(C(=O)O)nc1C(=O)O. The van der Waals surface area contributed by atoms with Crippen LogP contribution in [0.15, 0.2) is 0 Å². The van der Waals surface area contributed by atoms with Crippen LogP contribution in [0.1, 0.15) is 42.0 Å². The highest BCUT2D eigenvalue weighted by Gasteiger charge is 2.28. The molecule has 1 heterocycles. The maximum absolute atomic E-state index is 10.7. The zero-order chi connectivity index (χ0) is 14.0. The molecule has 0 fully saturated rings. The maximum atomic E-state index is 10.7. The van der Waals surface area contributed by atoms with E-state index in [-0.39, 0.29) is 0 Å². The van der Waals surface area contributed by atoms with Gasteiger partial charge in [0, 0.05) is 0 Å². The quantitative estimate of drug-likeness (QED) is 0.537. The zero-order valence-electron chi connectivity index (χ0n) is 8.32. The van der Waals surface area contributed by atoms with Crippen LogP contribution in [0.5, 0.6) is 0 Å². The summed E-state index contributed by atoms with van der Waals surface area (Å²) in [5.41, 5.74) is -4.59. The predicted octanol–water partition coefficient (Wildman–Crippen LogP) is -0.731. The summed E-state index contributed by atoms with van der Waals surface area (Å²) in [6, 6.07) is 0. The number of hydrogen-bond donors (Lipinski definition) is 4. The van der Waals surface area contributed by atoms with E-state index >= 15 is 0 Å². The number of carboxylic acid groups (broad SMARTS) is 4. The topological polar surface area (TPSA) is 175 Å². The Morgan fingerprint density at radius 3 is 0.833 bits per heavy atom. The summed E-state index contributed by atoms with van der Waals surface area (Å²) in [4.78, 5) is 48.7. The lowest BCUT2D eigenvalue weighted by Gasteiger charge is -2.04. The van der Waals surface area contributed by atoms with E-state index in [1.807, 2.05) is 0 Å². The largest absolute Gasteiger partial charge is 0.476 e. The van der Waals surface area contributed by atoms with Crippen LogP contribution in [0, 0.1) is 0 Å². The Morgan fingerprint density at radius 2 is 0.722 bits per heavy atom. The Hall–Kier alpha value is -3.04. The maximum Gasteiger partial charge on any atom is 0.357 e. The molecule has 0 aromatic carbocycles. The van der Waals surface area contributed by atoms with Crippen molar-refractivity contribution in [3.05, 3.63) is 22.8 Å². The molecule has 1 rings (SSSR count). The standard InChI is InChI=1S/C8H4N2O8/c11-5(12)1-2(6(13)14)10-4(8(17)18)3(9-1)7(15)16/h(H,11,12)(H,13,14)(H,15,16)(H,17,18). The summed E-state index contributed by atoms with van der Waals surface area (Å²) in [5.74, 6) is -7.34. The van der Waals surface area contributed by atoms with Gasteiger partial charge in [-0.1, -0.05) is 0 Å². The summed E-state index contributed by atoms with van der Waals surface area (Å²) in [6.07, 6.45) is 0. The van der Waals surface area contributed by atoms with Crippen molar-refractivity contribution in [2.24, 2.45) is 0 Å². The summed E-state index contributed by atoms with van der Waals surface area (Å²) >= 11 is 0. The summed E-state index contributed by atoms with van der Waals surface area (Å²) in [6.45, 7) is 0. The smallest absolute Gasteiger partial charge is 0.357 e. The fourth-order valence-corrected chi connectivity index (χ4v) is 1.03. The molecule has 0 aliphatic carbocycles. The van der Waals surface area contributed by atoms with Crippen LogP contribution < -0.4 is 0 Å². The Morgan fingerprint density at radius 1 is 0.556 bits per heavy atom. The third kappa shape index (κ3) is 2.21. The first-order chi connectivity index (χ1) is 8.25. The molecular weight excluding hydrogens is 252 g/mol. The first kappa shape index (κ1) is 13.0. The van der Waals surface area contributed by atoms with Gasteiger partial charge < -0.3 is 20.4 Å². The van der Waals surface area contributed by atoms with E-state index in [1.54, 1.807) is 0 Å². The summed E-state index contributed by atoms with van der Waals surface area (Å²) in [7, 11) is 0. The molecule has 10 nitrogen and oxygen atoms in total. The monoisotopic (exact) mass is 256 g/mol. The van der Waals surface area contributed by atoms with Crippen molar-refractivity contribution in [1.82, 2.24) is 9.97 Å². The third-order valence-electron chi connectivity index (χ3n) is 1.71. The van der Waals surface area contributed by atoms with Crippen molar-refractivity contribution in [3.8, 4) is 0 Å². The number of aromatic carboxylic acids is 4. The number of rotatable bonds is 4. The van der Waals surface area contributed by atoms with Crippen LogP contribution >= 0.6 is 0 Å². The highest BCUT2D eigenvalue weighted by Crippen LogP contribution is 2.10. The van der Waals surface area contributed by atoms with Crippen LogP contribution in [-0.4, -0.2) is 54.3 Å². The van der Waals surface area contributed by atoms with Gasteiger partial charge in [0.05, 0.1) is 0 Å². The highest BCUT2D eigenvalue weighted by atomic mass is 16.4. The molecule has 0 saturated carbocycles. The van der Waals surface area contributed by atoms with Gasteiger partial charge in [0.15, 0.2) is 22.8 Å². The van der Waals surface area contributed by atoms with Gasteiger partial charge >= 0.3 is 23.9 Å². The van der Waals surface area contributed by atoms with Crippen LogP contribution in [0.3, 0.4) is 0 Å². The van der Waals surface area contributed by atoms with Gasteiger partial charge in [0.1, 0.15) is 0 Å². The second kappa shape index (κ2) is 4.45. The lowest BCUT2D eigenvalue weighted by atomic mass is 10.2. The average molecular weight is 256 g/mol. The van der Waals surface area contributed by atoms with Crippen molar-refractivity contribution in [3.63, 3.8) is 0 Å². The zero-order valence-corrected chi connectivity index (χ0v) is 8.32. The van der Waals surface area contributed by atoms with Crippen molar-refractivity contribution in [2.45, 2.75) is 0 Å². The molecule has 0 saturated heterocycles. The first-order valence-corrected chi connectivity index (χ1v) is 4.11. The second-order valence-electron chi connectivity index (χ2n) is 2.84. The van der Waals surface area contributed by atoms with Gasteiger partial charge in [0.25, 0.3) is 0 Å². The van der Waals surface area contributed by atoms with Gasteiger partial charge in [-0.3, -0.25) is 0 Å². The van der Waals surface area contributed by atoms with E-state index in [0.717, 1.165) is 0 Å².